The molecule has 4 nitrogen and oxygen atoms in total. The third-order valence-corrected chi connectivity index (χ3v) is 6.14. The number of benzene rings is 1. The quantitative estimate of drug-likeness (QED) is 0.927. The number of nitrogens with one attached hydrogen (secondary N) is 1. The maximum absolute atomic E-state index is 11.9. The van der Waals surface area contributed by atoms with Crippen LogP contribution in [-0.2, 0) is 10.2 Å². The van der Waals surface area contributed by atoms with E-state index in [1.54, 1.807) is 18.4 Å². The SMILES string of the molecule is CN1CC[C@@H](c2cc(-c3ccccc3)cs2)NS1(=O)=O. The highest BCUT2D eigenvalue weighted by molar-refractivity contribution is 7.87. The van der Waals surface area contributed by atoms with E-state index in [-0.39, 0.29) is 6.04 Å². The fourth-order valence-electron chi connectivity index (χ4n) is 2.28. The number of hydrogen-bond acceptors (Lipinski definition) is 3. The van der Waals surface area contributed by atoms with Crippen LogP contribution >= 0.6 is 11.3 Å². The second-order valence-electron chi connectivity index (χ2n) is 4.89. The number of thiophene rings is 1. The molecule has 0 amide bonds. The van der Waals surface area contributed by atoms with E-state index < -0.39 is 10.2 Å². The Hall–Kier alpha value is -1.21. The van der Waals surface area contributed by atoms with E-state index in [1.807, 2.05) is 18.2 Å². The molecule has 1 fully saturated rings. The second-order valence-corrected chi connectivity index (χ2v) is 7.64. The Morgan fingerprint density at radius 1 is 1.25 bits per heavy atom. The van der Waals surface area contributed by atoms with Crippen molar-refractivity contribution in [2.24, 2.45) is 0 Å². The molecular weight excluding hydrogens is 292 g/mol. The van der Waals surface area contributed by atoms with E-state index in [4.69, 9.17) is 0 Å². The average Bonchev–Trinajstić information content (AvgIpc) is 2.92. The average molecular weight is 308 g/mol. The Balaban J connectivity index is 1.85. The Kier molecular flexibility index (Phi) is 3.64. The standard InChI is InChI=1S/C14H16N2O2S2/c1-16-8-7-13(15-20(16,17)18)14-9-12(10-19-14)11-5-3-2-4-6-11/h2-6,9-10,13,15H,7-8H2,1H3/t13-/m0/s1. The number of hydrogen-bond donors (Lipinski definition) is 1. The third-order valence-electron chi connectivity index (χ3n) is 3.50. The van der Waals surface area contributed by atoms with Gasteiger partial charge in [0.1, 0.15) is 0 Å². The highest BCUT2D eigenvalue weighted by atomic mass is 32.2. The van der Waals surface area contributed by atoms with E-state index in [1.165, 1.54) is 4.31 Å². The van der Waals surface area contributed by atoms with Crippen molar-refractivity contribution in [3.8, 4) is 11.1 Å². The third kappa shape index (κ3) is 2.64. The van der Waals surface area contributed by atoms with Crippen molar-refractivity contribution >= 4 is 21.5 Å². The van der Waals surface area contributed by atoms with Gasteiger partial charge in [0.05, 0.1) is 6.04 Å². The zero-order chi connectivity index (χ0) is 14.2. The Morgan fingerprint density at radius 2 is 2.00 bits per heavy atom. The molecule has 1 aliphatic rings. The van der Waals surface area contributed by atoms with Crippen molar-refractivity contribution in [2.45, 2.75) is 12.5 Å². The molecule has 1 aromatic carbocycles. The Labute approximate surface area is 123 Å². The molecule has 106 valence electrons. The Bertz CT molecular complexity index is 695. The first-order valence-corrected chi connectivity index (χ1v) is 8.76. The molecule has 1 N–H and O–H groups in total. The normalized spacial score (nSPS) is 22.8. The van der Waals surface area contributed by atoms with Crippen molar-refractivity contribution in [1.29, 1.82) is 0 Å². The minimum atomic E-state index is -3.32. The van der Waals surface area contributed by atoms with E-state index in [0.29, 0.717) is 6.54 Å². The van der Waals surface area contributed by atoms with Gasteiger partial charge in [0, 0.05) is 18.5 Å². The van der Waals surface area contributed by atoms with Crippen LogP contribution in [0.5, 0.6) is 0 Å². The van der Waals surface area contributed by atoms with Crippen LogP contribution in [0, 0.1) is 0 Å². The molecule has 1 aromatic heterocycles. The summed E-state index contributed by atoms with van der Waals surface area (Å²) in [5.74, 6) is 0. The predicted molar refractivity (Wildman–Crippen MR) is 81.8 cm³/mol. The maximum Gasteiger partial charge on any atom is 0.279 e. The second kappa shape index (κ2) is 5.29. The van der Waals surface area contributed by atoms with Gasteiger partial charge in [-0.25, -0.2) is 0 Å². The van der Waals surface area contributed by atoms with Crippen molar-refractivity contribution in [2.75, 3.05) is 13.6 Å². The fraction of sp³-hybridized carbons (Fsp3) is 0.286. The molecule has 1 aliphatic heterocycles. The molecule has 0 spiro atoms. The summed E-state index contributed by atoms with van der Waals surface area (Å²) in [6.07, 6.45) is 0.796. The van der Waals surface area contributed by atoms with E-state index in [0.717, 1.165) is 22.4 Å². The van der Waals surface area contributed by atoms with Crippen molar-refractivity contribution in [3.63, 3.8) is 0 Å². The molecule has 3 rings (SSSR count). The summed E-state index contributed by atoms with van der Waals surface area (Å²) < 4.78 is 27.8. The lowest BCUT2D eigenvalue weighted by Crippen LogP contribution is -2.46. The van der Waals surface area contributed by atoms with Gasteiger partial charge in [0.15, 0.2) is 0 Å². The van der Waals surface area contributed by atoms with Crippen molar-refractivity contribution in [1.82, 2.24) is 9.03 Å². The van der Waals surface area contributed by atoms with Crippen LogP contribution in [0.3, 0.4) is 0 Å². The minimum Gasteiger partial charge on any atom is -0.195 e. The predicted octanol–water partition coefficient (Wildman–Crippen LogP) is 2.63. The highest BCUT2D eigenvalue weighted by Gasteiger charge is 2.30. The van der Waals surface area contributed by atoms with Gasteiger partial charge in [0.25, 0.3) is 10.2 Å². The first-order valence-electron chi connectivity index (χ1n) is 6.44. The molecular formula is C14H16N2O2S2. The van der Waals surface area contributed by atoms with Crippen LogP contribution in [0.15, 0.2) is 41.8 Å². The summed E-state index contributed by atoms with van der Waals surface area (Å²) in [6.45, 7) is 0.554. The fourth-order valence-corrected chi connectivity index (χ4v) is 4.49. The lowest BCUT2D eigenvalue weighted by Gasteiger charge is -2.29. The monoisotopic (exact) mass is 308 g/mol. The molecule has 1 atom stereocenters. The van der Waals surface area contributed by atoms with Gasteiger partial charge >= 0.3 is 0 Å². The van der Waals surface area contributed by atoms with Gasteiger partial charge in [-0.1, -0.05) is 30.3 Å². The molecule has 2 heterocycles. The van der Waals surface area contributed by atoms with Gasteiger partial charge in [0.2, 0.25) is 0 Å². The van der Waals surface area contributed by atoms with Gasteiger partial charge in [-0.2, -0.15) is 17.4 Å². The summed E-state index contributed by atoms with van der Waals surface area (Å²) in [5.41, 5.74) is 2.30. The van der Waals surface area contributed by atoms with Crippen LogP contribution in [0.2, 0.25) is 0 Å². The molecule has 6 heteroatoms. The van der Waals surface area contributed by atoms with E-state index in [2.05, 4.69) is 28.3 Å². The van der Waals surface area contributed by atoms with Crippen molar-refractivity contribution < 1.29 is 8.42 Å². The summed E-state index contributed by atoms with van der Waals surface area (Å²) >= 11 is 1.61. The minimum absolute atomic E-state index is 0.112. The molecule has 0 aliphatic carbocycles. The Morgan fingerprint density at radius 3 is 2.70 bits per heavy atom. The topological polar surface area (TPSA) is 49.4 Å². The lowest BCUT2D eigenvalue weighted by atomic mass is 10.1. The van der Waals surface area contributed by atoms with Crippen LogP contribution < -0.4 is 4.72 Å². The van der Waals surface area contributed by atoms with Gasteiger partial charge < -0.3 is 0 Å². The smallest absolute Gasteiger partial charge is 0.195 e. The molecule has 0 bridgehead atoms. The zero-order valence-electron chi connectivity index (χ0n) is 11.1. The number of rotatable bonds is 2. The summed E-state index contributed by atoms with van der Waals surface area (Å²) in [7, 11) is -1.72. The molecule has 0 radical (unpaired) electrons. The molecule has 0 saturated carbocycles. The van der Waals surface area contributed by atoms with Gasteiger partial charge in [-0.3, -0.25) is 0 Å². The van der Waals surface area contributed by atoms with Gasteiger partial charge in [-0.15, -0.1) is 11.3 Å². The molecule has 2 aromatic rings. The highest BCUT2D eigenvalue weighted by Crippen LogP contribution is 2.32. The van der Waals surface area contributed by atoms with E-state index in [9.17, 15) is 8.42 Å². The van der Waals surface area contributed by atoms with E-state index >= 15 is 0 Å². The van der Waals surface area contributed by atoms with Crippen LogP contribution in [0.25, 0.3) is 11.1 Å². The molecule has 1 saturated heterocycles. The molecule has 0 unspecified atom stereocenters. The zero-order valence-corrected chi connectivity index (χ0v) is 12.7. The van der Waals surface area contributed by atoms with Crippen LogP contribution in [-0.4, -0.2) is 26.3 Å². The number of nitrogens with zero attached hydrogens (tertiary/aromatic N) is 1. The summed E-state index contributed by atoms with van der Waals surface area (Å²) in [4.78, 5) is 1.07. The summed E-state index contributed by atoms with van der Waals surface area (Å²) in [5, 5.41) is 2.08. The first-order chi connectivity index (χ1) is 9.56. The maximum atomic E-state index is 11.9. The van der Waals surface area contributed by atoms with Crippen LogP contribution in [0.1, 0.15) is 17.3 Å². The van der Waals surface area contributed by atoms with Crippen molar-refractivity contribution in [3.05, 3.63) is 46.7 Å². The van der Waals surface area contributed by atoms with Gasteiger partial charge in [-0.05, 0) is 29.0 Å². The van der Waals surface area contributed by atoms with Crippen LogP contribution in [0.4, 0.5) is 0 Å². The molecule has 20 heavy (non-hydrogen) atoms. The largest absolute Gasteiger partial charge is 0.279 e. The lowest BCUT2D eigenvalue weighted by molar-refractivity contribution is 0.384. The first kappa shape index (κ1) is 13.8. The summed E-state index contributed by atoms with van der Waals surface area (Å²) in [6, 6.07) is 12.1.